The third kappa shape index (κ3) is 4.81. The van der Waals surface area contributed by atoms with Gasteiger partial charge < -0.3 is 4.57 Å². The van der Waals surface area contributed by atoms with Gasteiger partial charge in [0.1, 0.15) is 5.82 Å². The maximum Gasteiger partial charge on any atom is 0.165 e. The van der Waals surface area contributed by atoms with Crippen LogP contribution in [0, 0.1) is 0 Å². The maximum absolute atomic E-state index is 5.10. The number of aromatic nitrogens is 6. The van der Waals surface area contributed by atoms with Crippen molar-refractivity contribution in [3.05, 3.63) is 182 Å². The van der Waals surface area contributed by atoms with E-state index in [1.807, 2.05) is 36.5 Å². The average molecular weight is 691 g/mol. The van der Waals surface area contributed by atoms with Crippen molar-refractivity contribution in [3.63, 3.8) is 0 Å². The first-order valence-electron chi connectivity index (χ1n) is 18.1. The second-order valence-corrected chi connectivity index (χ2v) is 13.6. The van der Waals surface area contributed by atoms with Gasteiger partial charge in [-0.25, -0.2) is 19.9 Å². The van der Waals surface area contributed by atoms with Gasteiger partial charge in [0, 0.05) is 50.1 Å². The van der Waals surface area contributed by atoms with Crippen molar-refractivity contribution in [1.29, 1.82) is 0 Å². The standard InChI is InChI=1S/C48H30N6/c1-3-14-32(15-4-1)46-50-47(34-24-23-31-13-7-8-16-33(31)27-34)52-48(51-46)35-25-26-45(49-30-35)54-42-22-12-10-20-38(42)40-28-43-39(29-44(40)54)37-19-9-11-21-41(37)53(43)36-17-5-2-6-18-36/h1-30H. The summed E-state index contributed by atoms with van der Waals surface area (Å²) >= 11 is 0. The Balaban J connectivity index is 1.08. The van der Waals surface area contributed by atoms with Crippen molar-refractivity contribution in [2.45, 2.75) is 0 Å². The second kappa shape index (κ2) is 12.1. The third-order valence-corrected chi connectivity index (χ3v) is 10.4. The summed E-state index contributed by atoms with van der Waals surface area (Å²) in [6.45, 7) is 0. The zero-order valence-electron chi connectivity index (χ0n) is 29.0. The van der Waals surface area contributed by atoms with E-state index >= 15 is 0 Å². The predicted octanol–water partition coefficient (Wildman–Crippen LogP) is 11.6. The number of rotatable bonds is 5. The first kappa shape index (κ1) is 30.2. The van der Waals surface area contributed by atoms with Crippen molar-refractivity contribution in [3.8, 4) is 45.7 Å². The molecule has 11 aromatic rings. The quantitative estimate of drug-likeness (QED) is 0.180. The van der Waals surface area contributed by atoms with Crippen LogP contribution in [0.2, 0.25) is 0 Å². The Kier molecular flexibility index (Phi) is 6.75. The van der Waals surface area contributed by atoms with Gasteiger partial charge in [-0.3, -0.25) is 4.57 Å². The number of hydrogen-bond donors (Lipinski definition) is 0. The molecule has 0 N–H and O–H groups in total. The fourth-order valence-electron chi connectivity index (χ4n) is 7.86. The van der Waals surface area contributed by atoms with E-state index in [1.54, 1.807) is 0 Å². The monoisotopic (exact) mass is 690 g/mol. The van der Waals surface area contributed by atoms with Crippen molar-refractivity contribution >= 4 is 54.4 Å². The molecular formula is C48H30N6. The molecule has 0 bridgehead atoms. The normalized spacial score (nSPS) is 11.7. The maximum atomic E-state index is 5.10. The Labute approximate surface area is 310 Å². The highest BCUT2D eigenvalue weighted by atomic mass is 15.1. The van der Waals surface area contributed by atoms with Crippen LogP contribution < -0.4 is 0 Å². The second-order valence-electron chi connectivity index (χ2n) is 13.6. The van der Waals surface area contributed by atoms with E-state index in [4.69, 9.17) is 19.9 Å². The molecule has 0 amide bonds. The SMILES string of the molecule is c1ccc(-c2nc(-c3ccc(-n4c5ccccc5c5cc6c(cc54)c4ccccc4n6-c4ccccc4)nc3)nc(-c3ccc4ccccc4c3)n2)cc1. The van der Waals surface area contributed by atoms with E-state index < -0.39 is 0 Å². The van der Waals surface area contributed by atoms with Crippen LogP contribution in [0.4, 0.5) is 0 Å². The fourth-order valence-corrected chi connectivity index (χ4v) is 7.86. The molecule has 0 aliphatic rings. The summed E-state index contributed by atoms with van der Waals surface area (Å²) < 4.78 is 4.64. The lowest BCUT2D eigenvalue weighted by molar-refractivity contribution is 1.05. The van der Waals surface area contributed by atoms with E-state index in [0.29, 0.717) is 17.5 Å². The molecule has 4 heterocycles. The summed E-state index contributed by atoms with van der Waals surface area (Å²) in [4.78, 5) is 20.0. The van der Waals surface area contributed by atoms with Gasteiger partial charge >= 0.3 is 0 Å². The molecule has 0 saturated carbocycles. The lowest BCUT2D eigenvalue weighted by Gasteiger charge is -2.11. The Bertz CT molecular complexity index is 3200. The molecule has 252 valence electrons. The van der Waals surface area contributed by atoms with E-state index in [9.17, 15) is 0 Å². The molecule has 0 saturated heterocycles. The first-order valence-corrected chi connectivity index (χ1v) is 18.1. The highest BCUT2D eigenvalue weighted by molar-refractivity contribution is 6.19. The molecule has 0 atom stereocenters. The van der Waals surface area contributed by atoms with Gasteiger partial charge in [0.2, 0.25) is 0 Å². The molecule has 0 aliphatic heterocycles. The molecule has 11 rings (SSSR count). The number of nitrogens with zero attached hydrogens (tertiary/aromatic N) is 6. The largest absolute Gasteiger partial charge is 0.309 e. The molecular weight excluding hydrogens is 661 g/mol. The molecule has 0 spiro atoms. The number of fused-ring (bicyclic) bond motifs is 7. The molecule has 6 heteroatoms. The van der Waals surface area contributed by atoms with Gasteiger partial charge in [-0.1, -0.05) is 121 Å². The lowest BCUT2D eigenvalue weighted by atomic mass is 10.1. The minimum atomic E-state index is 0.573. The number of benzene rings is 7. The zero-order valence-corrected chi connectivity index (χ0v) is 29.0. The van der Waals surface area contributed by atoms with Crippen LogP contribution in [-0.4, -0.2) is 29.1 Å². The number of pyridine rings is 1. The fraction of sp³-hybridized carbons (Fsp3) is 0. The number of hydrogen-bond acceptors (Lipinski definition) is 4. The van der Waals surface area contributed by atoms with Crippen molar-refractivity contribution in [2.75, 3.05) is 0 Å². The van der Waals surface area contributed by atoms with Crippen molar-refractivity contribution < 1.29 is 0 Å². The van der Waals surface area contributed by atoms with Gasteiger partial charge in [0.25, 0.3) is 0 Å². The van der Waals surface area contributed by atoms with Crippen LogP contribution in [0.5, 0.6) is 0 Å². The molecule has 4 aromatic heterocycles. The topological polar surface area (TPSA) is 61.4 Å². The van der Waals surface area contributed by atoms with Crippen LogP contribution in [-0.2, 0) is 0 Å². The number of para-hydroxylation sites is 3. The lowest BCUT2D eigenvalue weighted by Crippen LogP contribution is -2.01. The van der Waals surface area contributed by atoms with Crippen molar-refractivity contribution in [2.24, 2.45) is 0 Å². The molecule has 0 unspecified atom stereocenters. The minimum Gasteiger partial charge on any atom is -0.309 e. The molecule has 0 radical (unpaired) electrons. The third-order valence-electron chi connectivity index (χ3n) is 10.4. The highest BCUT2D eigenvalue weighted by Gasteiger charge is 2.19. The van der Waals surface area contributed by atoms with E-state index in [2.05, 4.69) is 155 Å². The smallest absolute Gasteiger partial charge is 0.165 e. The Morgan fingerprint density at radius 2 is 0.870 bits per heavy atom. The average Bonchev–Trinajstić information content (AvgIpc) is 3.75. The molecule has 54 heavy (non-hydrogen) atoms. The van der Waals surface area contributed by atoms with E-state index in [0.717, 1.165) is 44.6 Å². The summed E-state index contributed by atoms with van der Waals surface area (Å²) in [7, 11) is 0. The summed E-state index contributed by atoms with van der Waals surface area (Å²) in [5, 5.41) is 7.07. The molecule has 6 nitrogen and oxygen atoms in total. The molecule has 0 aliphatic carbocycles. The van der Waals surface area contributed by atoms with Crippen LogP contribution >= 0.6 is 0 Å². The van der Waals surface area contributed by atoms with E-state index in [-0.39, 0.29) is 0 Å². The van der Waals surface area contributed by atoms with Gasteiger partial charge in [-0.05, 0) is 65.4 Å². The summed E-state index contributed by atoms with van der Waals surface area (Å²) in [5.41, 5.74) is 8.37. The first-order chi connectivity index (χ1) is 26.8. The predicted molar refractivity (Wildman–Crippen MR) is 220 cm³/mol. The Morgan fingerprint density at radius 1 is 0.333 bits per heavy atom. The summed E-state index contributed by atoms with van der Waals surface area (Å²) in [5.74, 6) is 2.63. The summed E-state index contributed by atoms with van der Waals surface area (Å²) in [6.07, 6.45) is 1.88. The van der Waals surface area contributed by atoms with E-state index in [1.165, 1.54) is 38.0 Å². The van der Waals surface area contributed by atoms with Crippen LogP contribution in [0.1, 0.15) is 0 Å². The minimum absolute atomic E-state index is 0.573. The van der Waals surface area contributed by atoms with Crippen molar-refractivity contribution in [1.82, 2.24) is 29.1 Å². The van der Waals surface area contributed by atoms with Crippen LogP contribution in [0.25, 0.3) is 100 Å². The summed E-state index contributed by atoms with van der Waals surface area (Å²) in [6, 6.07) is 61.4. The Morgan fingerprint density at radius 3 is 1.56 bits per heavy atom. The molecule has 7 aromatic carbocycles. The highest BCUT2D eigenvalue weighted by Crippen LogP contribution is 2.39. The molecule has 0 fully saturated rings. The van der Waals surface area contributed by atoms with Gasteiger partial charge in [-0.15, -0.1) is 0 Å². The van der Waals surface area contributed by atoms with Gasteiger partial charge in [0.05, 0.1) is 22.1 Å². The van der Waals surface area contributed by atoms with Gasteiger partial charge in [-0.2, -0.15) is 0 Å². The van der Waals surface area contributed by atoms with Gasteiger partial charge in [0.15, 0.2) is 17.5 Å². The zero-order chi connectivity index (χ0) is 35.6. The Hall–Kier alpha value is -7.44. The van der Waals surface area contributed by atoms with Crippen LogP contribution in [0.15, 0.2) is 182 Å². The van der Waals surface area contributed by atoms with Crippen LogP contribution in [0.3, 0.4) is 0 Å².